The summed E-state index contributed by atoms with van der Waals surface area (Å²) in [6.07, 6.45) is 0. The van der Waals surface area contributed by atoms with E-state index in [9.17, 15) is 4.11 Å². The zero-order valence-corrected chi connectivity index (χ0v) is 21.8. The highest BCUT2D eigenvalue weighted by atomic mass is 15.1. The van der Waals surface area contributed by atoms with Gasteiger partial charge >= 0.3 is 0 Å². The van der Waals surface area contributed by atoms with Crippen molar-refractivity contribution in [3.05, 3.63) is 132 Å². The van der Waals surface area contributed by atoms with Crippen LogP contribution in [0.3, 0.4) is 0 Å². The van der Waals surface area contributed by atoms with E-state index < -0.39 is 5.41 Å². The van der Waals surface area contributed by atoms with Crippen molar-refractivity contribution < 1.29 is 9.60 Å². The second kappa shape index (κ2) is 7.91. The monoisotopic (exact) mass is 507 g/mol. The van der Waals surface area contributed by atoms with E-state index in [-0.39, 0.29) is 53.4 Å². The van der Waals surface area contributed by atoms with Crippen LogP contribution >= 0.6 is 0 Å². The van der Waals surface area contributed by atoms with Gasteiger partial charge < -0.3 is 0 Å². The van der Waals surface area contributed by atoms with Crippen LogP contribution < -0.4 is 0 Å². The van der Waals surface area contributed by atoms with Gasteiger partial charge in [-0.1, -0.05) is 111 Å². The number of hydrogen-bond donors (Lipinski definition) is 0. The fraction of sp³-hybridized carbons (Fsp3) is 0.108. The molecule has 1 aromatic heterocycles. The van der Waals surface area contributed by atoms with E-state index >= 15 is 0 Å². The Kier molecular flexibility index (Phi) is 3.31. The smallest absolute Gasteiger partial charge is 0.111 e. The normalized spacial score (nSPS) is 16.2. The van der Waals surface area contributed by atoms with Crippen LogP contribution in [-0.2, 0) is 5.41 Å². The third kappa shape index (κ3) is 3.00. The summed E-state index contributed by atoms with van der Waals surface area (Å²) < 4.78 is 64.8. The maximum atomic E-state index is 9.73. The molecule has 0 N–H and O–H groups in total. The highest BCUT2D eigenvalue weighted by molar-refractivity contribution is 6.18. The van der Waals surface area contributed by atoms with E-state index in [1.165, 1.54) is 0 Å². The first-order chi connectivity index (χ1) is 22.0. The molecular weight excluding hydrogens is 472 g/mol. The van der Waals surface area contributed by atoms with Crippen LogP contribution in [0.4, 0.5) is 0 Å². The summed E-state index contributed by atoms with van der Waals surface area (Å²) in [7, 11) is 0. The summed E-state index contributed by atoms with van der Waals surface area (Å²) in [4.78, 5) is 4.85. The first kappa shape index (κ1) is 16.3. The molecule has 2 heteroatoms. The predicted octanol–water partition coefficient (Wildman–Crippen LogP) is 9.61. The Hall–Kier alpha value is -4.69. The summed E-state index contributed by atoms with van der Waals surface area (Å²) in [5.41, 5.74) is 4.05. The SMILES string of the molecule is [2H]c1c([2H])c([2H])c2c(c1[2H])-c1c([2H])c([2H])c(-c3c4ccccc4c(-n4c(C)nc5ccccc54)c4ccccc34)c([2H])c1C2(C)C. The summed E-state index contributed by atoms with van der Waals surface area (Å²) in [5.74, 6) is 0.831. The lowest BCUT2D eigenvalue weighted by Crippen LogP contribution is -2.14. The van der Waals surface area contributed by atoms with Crippen LogP contribution in [0.15, 0.2) is 115 Å². The molecule has 0 aliphatic heterocycles. The van der Waals surface area contributed by atoms with Crippen molar-refractivity contribution in [3.8, 4) is 27.9 Å². The Morgan fingerprint density at radius 3 is 2.05 bits per heavy atom. The molecule has 0 fully saturated rings. The minimum absolute atomic E-state index is 0.0568. The largest absolute Gasteiger partial charge is 0.295 e. The molecule has 0 saturated heterocycles. The number of aromatic nitrogens is 2. The number of imidazole rings is 1. The number of fused-ring (bicyclic) bond motifs is 6. The van der Waals surface area contributed by atoms with Crippen molar-refractivity contribution >= 4 is 32.6 Å². The van der Waals surface area contributed by atoms with Crippen molar-refractivity contribution in [2.75, 3.05) is 0 Å². The van der Waals surface area contributed by atoms with Gasteiger partial charge in [0.1, 0.15) is 5.82 Å². The van der Waals surface area contributed by atoms with Crippen LogP contribution in [0.1, 0.15) is 40.4 Å². The number of para-hydroxylation sites is 2. The number of nitrogens with zero attached hydrogens (tertiary/aromatic N) is 2. The average Bonchev–Trinajstić information content (AvgIpc) is 3.51. The van der Waals surface area contributed by atoms with Crippen molar-refractivity contribution in [2.45, 2.75) is 26.2 Å². The summed E-state index contributed by atoms with van der Waals surface area (Å²) in [6.45, 7) is 5.67. The molecule has 186 valence electrons. The molecule has 2 nitrogen and oxygen atoms in total. The molecule has 0 bridgehead atoms. The summed E-state index contributed by atoms with van der Waals surface area (Å²) >= 11 is 0. The quantitative estimate of drug-likeness (QED) is 0.213. The van der Waals surface area contributed by atoms with Crippen LogP contribution in [0.5, 0.6) is 0 Å². The second-order valence-electron chi connectivity index (χ2n) is 10.7. The van der Waals surface area contributed by atoms with E-state index in [1.807, 2.05) is 87.5 Å². The Morgan fingerprint density at radius 2 is 1.31 bits per heavy atom. The fourth-order valence-corrected chi connectivity index (χ4v) is 6.33. The maximum absolute atomic E-state index is 9.73. The number of benzene rings is 6. The van der Waals surface area contributed by atoms with Gasteiger partial charge in [-0.2, -0.15) is 0 Å². The van der Waals surface area contributed by atoms with Gasteiger partial charge in [-0.3, -0.25) is 4.57 Å². The van der Waals surface area contributed by atoms with Gasteiger partial charge in [0.05, 0.1) is 26.3 Å². The van der Waals surface area contributed by atoms with Crippen LogP contribution in [0.25, 0.3) is 60.5 Å². The van der Waals surface area contributed by atoms with Crippen LogP contribution in [0, 0.1) is 6.92 Å². The number of rotatable bonds is 2. The molecule has 0 radical (unpaired) electrons. The molecule has 1 heterocycles. The van der Waals surface area contributed by atoms with Gasteiger partial charge in [-0.25, -0.2) is 4.98 Å². The molecule has 1 aliphatic rings. The molecule has 0 amide bonds. The first-order valence-electron chi connectivity index (χ1n) is 16.6. The Bertz CT molecular complexity index is 2440. The third-order valence-electron chi connectivity index (χ3n) is 8.11. The molecule has 0 unspecified atom stereocenters. The molecule has 1 aliphatic carbocycles. The summed E-state index contributed by atoms with van der Waals surface area (Å²) in [5, 5.41) is 3.48. The third-order valence-corrected chi connectivity index (χ3v) is 8.11. The molecule has 7 aromatic rings. The average molecular weight is 508 g/mol. The summed E-state index contributed by atoms with van der Waals surface area (Å²) in [6, 6.07) is 22.5. The van der Waals surface area contributed by atoms with Crippen molar-refractivity contribution in [1.29, 1.82) is 0 Å². The Morgan fingerprint density at radius 1 is 0.692 bits per heavy atom. The maximum Gasteiger partial charge on any atom is 0.111 e. The lowest BCUT2D eigenvalue weighted by Gasteiger charge is -2.23. The molecule has 8 rings (SSSR count). The molecule has 6 aromatic carbocycles. The second-order valence-corrected chi connectivity index (χ2v) is 10.7. The van der Waals surface area contributed by atoms with Gasteiger partial charge in [-0.15, -0.1) is 0 Å². The van der Waals surface area contributed by atoms with Crippen LogP contribution in [0.2, 0.25) is 0 Å². The predicted molar refractivity (Wildman–Crippen MR) is 164 cm³/mol. The van der Waals surface area contributed by atoms with Gasteiger partial charge in [0.15, 0.2) is 0 Å². The van der Waals surface area contributed by atoms with E-state index in [0.29, 0.717) is 22.3 Å². The van der Waals surface area contributed by atoms with Crippen molar-refractivity contribution in [3.63, 3.8) is 0 Å². The minimum atomic E-state index is -1.01. The Balaban J connectivity index is 1.54. The van der Waals surface area contributed by atoms with Crippen molar-refractivity contribution in [2.24, 2.45) is 0 Å². The van der Waals surface area contributed by atoms with E-state index in [4.69, 9.17) is 10.5 Å². The van der Waals surface area contributed by atoms with E-state index in [1.54, 1.807) is 0 Å². The molecule has 39 heavy (non-hydrogen) atoms. The molecule has 0 spiro atoms. The molecular formula is C37H28N2. The minimum Gasteiger partial charge on any atom is -0.295 e. The van der Waals surface area contributed by atoms with Crippen LogP contribution in [-0.4, -0.2) is 9.55 Å². The molecule has 0 atom stereocenters. The zero-order valence-electron chi connectivity index (χ0n) is 28.8. The Labute approximate surface area is 238 Å². The van der Waals surface area contributed by atoms with E-state index in [0.717, 1.165) is 44.1 Å². The standard InChI is InChI=1S/C37H28N2/c1-23-38-33-18-10-11-19-34(33)39(23)36-29-15-6-4-13-27(29)35(28-14-5-7-16-30(28)36)24-20-21-26-25-12-8-9-17-31(25)37(2,3)32(26)22-24/h4-22H,1-3H3/i8D,9D,12D,17D,20D,21D,22D. The van der Waals surface area contributed by atoms with Gasteiger partial charge in [-0.05, 0) is 69.3 Å². The zero-order chi connectivity index (χ0) is 32.4. The lowest BCUT2D eigenvalue weighted by molar-refractivity contribution is 0.660. The number of aryl methyl sites for hydroxylation is 1. The van der Waals surface area contributed by atoms with Crippen molar-refractivity contribution in [1.82, 2.24) is 9.55 Å². The van der Waals surface area contributed by atoms with E-state index in [2.05, 4.69) is 10.6 Å². The highest BCUT2D eigenvalue weighted by Gasteiger charge is 2.35. The number of hydrogen-bond acceptors (Lipinski definition) is 1. The first-order valence-corrected chi connectivity index (χ1v) is 13.1. The van der Waals surface area contributed by atoms with Gasteiger partial charge in [0, 0.05) is 16.2 Å². The highest BCUT2D eigenvalue weighted by Crippen LogP contribution is 2.51. The van der Waals surface area contributed by atoms with Gasteiger partial charge in [0.25, 0.3) is 0 Å². The lowest BCUT2D eigenvalue weighted by atomic mass is 9.81. The molecule has 0 saturated carbocycles. The fourth-order valence-electron chi connectivity index (χ4n) is 6.33. The topological polar surface area (TPSA) is 17.8 Å². The van der Waals surface area contributed by atoms with Gasteiger partial charge in [0.2, 0.25) is 0 Å².